The van der Waals surface area contributed by atoms with Crippen molar-refractivity contribution >= 4 is 5.82 Å². The van der Waals surface area contributed by atoms with Crippen LogP contribution in [0.15, 0.2) is 12.3 Å². The molecule has 0 radical (unpaired) electrons. The Hall–Kier alpha value is -1.36. The molecule has 16 heavy (non-hydrogen) atoms. The van der Waals surface area contributed by atoms with Gasteiger partial charge in [-0.2, -0.15) is 4.98 Å². The summed E-state index contributed by atoms with van der Waals surface area (Å²) >= 11 is 0. The SMILES string of the molecule is COC1CCCC(Oc2nccc(N)n2)C1. The van der Waals surface area contributed by atoms with Crippen molar-refractivity contribution in [3.8, 4) is 6.01 Å². The number of nitrogens with zero attached hydrogens (tertiary/aromatic N) is 2. The second kappa shape index (κ2) is 5.12. The van der Waals surface area contributed by atoms with Crippen LogP contribution >= 0.6 is 0 Å². The molecule has 2 rings (SSSR count). The second-order valence-electron chi connectivity index (χ2n) is 4.03. The first kappa shape index (κ1) is 11.1. The van der Waals surface area contributed by atoms with Crippen LogP contribution in [0.5, 0.6) is 6.01 Å². The molecule has 2 N–H and O–H groups in total. The highest BCUT2D eigenvalue weighted by atomic mass is 16.5. The number of hydrogen-bond acceptors (Lipinski definition) is 5. The Bertz CT molecular complexity index is 346. The Balaban J connectivity index is 1.94. The third kappa shape index (κ3) is 2.82. The highest BCUT2D eigenvalue weighted by Gasteiger charge is 2.23. The number of nitrogens with two attached hydrogens (primary N) is 1. The van der Waals surface area contributed by atoms with E-state index in [2.05, 4.69) is 9.97 Å². The Morgan fingerprint density at radius 1 is 1.38 bits per heavy atom. The van der Waals surface area contributed by atoms with Crippen molar-refractivity contribution in [2.75, 3.05) is 12.8 Å². The molecule has 5 heteroatoms. The maximum Gasteiger partial charge on any atom is 0.318 e. The first-order valence-corrected chi connectivity index (χ1v) is 5.56. The molecule has 0 spiro atoms. The van der Waals surface area contributed by atoms with Gasteiger partial charge in [0.2, 0.25) is 0 Å². The minimum Gasteiger partial charge on any atom is -0.460 e. The lowest BCUT2D eigenvalue weighted by atomic mass is 9.95. The topological polar surface area (TPSA) is 70.3 Å². The van der Waals surface area contributed by atoms with Crippen LogP contribution in [0.1, 0.15) is 25.7 Å². The van der Waals surface area contributed by atoms with Gasteiger partial charge in [-0.1, -0.05) is 0 Å². The van der Waals surface area contributed by atoms with Gasteiger partial charge in [0.05, 0.1) is 6.10 Å². The van der Waals surface area contributed by atoms with E-state index in [9.17, 15) is 0 Å². The molecule has 0 aliphatic heterocycles. The molecule has 0 aromatic carbocycles. The molecule has 1 aromatic heterocycles. The van der Waals surface area contributed by atoms with Crippen molar-refractivity contribution in [1.29, 1.82) is 0 Å². The highest BCUT2D eigenvalue weighted by molar-refractivity contribution is 5.26. The number of anilines is 1. The van der Waals surface area contributed by atoms with Crippen LogP contribution in [0.3, 0.4) is 0 Å². The van der Waals surface area contributed by atoms with E-state index >= 15 is 0 Å². The molecule has 1 aromatic rings. The summed E-state index contributed by atoms with van der Waals surface area (Å²) in [6.07, 6.45) is 6.18. The average Bonchev–Trinajstić information content (AvgIpc) is 2.29. The highest BCUT2D eigenvalue weighted by Crippen LogP contribution is 2.23. The minimum absolute atomic E-state index is 0.139. The fraction of sp³-hybridized carbons (Fsp3) is 0.636. The molecule has 1 fully saturated rings. The maximum atomic E-state index is 5.69. The van der Waals surface area contributed by atoms with Crippen LogP contribution in [0.25, 0.3) is 0 Å². The summed E-state index contributed by atoms with van der Waals surface area (Å²) < 4.78 is 11.0. The standard InChI is InChI=1S/C11H17N3O2/c1-15-8-3-2-4-9(7-8)16-11-13-6-5-10(12)14-11/h5-6,8-9H,2-4,7H2,1H3,(H2,12,13,14). The van der Waals surface area contributed by atoms with Gasteiger partial charge in [-0.05, 0) is 25.3 Å². The lowest BCUT2D eigenvalue weighted by Crippen LogP contribution is -2.30. The van der Waals surface area contributed by atoms with Crippen molar-refractivity contribution in [3.63, 3.8) is 0 Å². The zero-order valence-corrected chi connectivity index (χ0v) is 9.43. The summed E-state index contributed by atoms with van der Waals surface area (Å²) in [6.45, 7) is 0. The quantitative estimate of drug-likeness (QED) is 0.838. The number of ether oxygens (including phenoxy) is 2. The predicted molar refractivity (Wildman–Crippen MR) is 60.1 cm³/mol. The van der Waals surface area contributed by atoms with Gasteiger partial charge in [0.25, 0.3) is 0 Å². The summed E-state index contributed by atoms with van der Waals surface area (Å²) in [6, 6.07) is 2.01. The summed E-state index contributed by atoms with van der Waals surface area (Å²) in [5.41, 5.74) is 5.56. The van der Waals surface area contributed by atoms with Crippen LogP contribution in [-0.4, -0.2) is 29.3 Å². The molecule has 2 unspecified atom stereocenters. The van der Waals surface area contributed by atoms with Crippen LogP contribution in [0.4, 0.5) is 5.82 Å². The van der Waals surface area contributed by atoms with Gasteiger partial charge >= 0.3 is 6.01 Å². The lowest BCUT2D eigenvalue weighted by molar-refractivity contribution is 0.0179. The van der Waals surface area contributed by atoms with Gasteiger partial charge in [-0.15, -0.1) is 0 Å². The van der Waals surface area contributed by atoms with E-state index in [1.807, 2.05) is 0 Å². The largest absolute Gasteiger partial charge is 0.460 e. The molecular weight excluding hydrogens is 206 g/mol. The molecule has 2 atom stereocenters. The first-order valence-electron chi connectivity index (χ1n) is 5.56. The second-order valence-corrected chi connectivity index (χ2v) is 4.03. The van der Waals surface area contributed by atoms with Crippen LogP contribution < -0.4 is 10.5 Å². The van der Waals surface area contributed by atoms with Gasteiger partial charge in [0.1, 0.15) is 11.9 Å². The zero-order valence-electron chi connectivity index (χ0n) is 9.43. The third-order valence-electron chi connectivity index (χ3n) is 2.84. The van der Waals surface area contributed by atoms with E-state index in [4.69, 9.17) is 15.2 Å². The zero-order chi connectivity index (χ0) is 11.4. The summed E-state index contributed by atoms with van der Waals surface area (Å²) in [5, 5.41) is 0. The summed E-state index contributed by atoms with van der Waals surface area (Å²) in [5.74, 6) is 0.434. The Labute approximate surface area is 95.0 Å². The summed E-state index contributed by atoms with van der Waals surface area (Å²) in [4.78, 5) is 8.05. The van der Waals surface area contributed by atoms with E-state index in [0.717, 1.165) is 25.7 Å². The van der Waals surface area contributed by atoms with Gasteiger partial charge < -0.3 is 15.2 Å². The molecule has 1 aliphatic rings. The van der Waals surface area contributed by atoms with Gasteiger partial charge in [0, 0.05) is 19.7 Å². The van der Waals surface area contributed by atoms with Gasteiger partial charge in [-0.3, -0.25) is 0 Å². The smallest absolute Gasteiger partial charge is 0.318 e. The number of aromatic nitrogens is 2. The van der Waals surface area contributed by atoms with Crippen molar-refractivity contribution in [2.24, 2.45) is 0 Å². The van der Waals surface area contributed by atoms with Crippen molar-refractivity contribution in [2.45, 2.75) is 37.9 Å². The third-order valence-corrected chi connectivity index (χ3v) is 2.84. The van der Waals surface area contributed by atoms with E-state index in [-0.39, 0.29) is 6.10 Å². The number of methoxy groups -OCH3 is 1. The molecule has 1 aliphatic carbocycles. The minimum atomic E-state index is 0.139. The lowest BCUT2D eigenvalue weighted by Gasteiger charge is -2.27. The molecule has 0 saturated heterocycles. The van der Waals surface area contributed by atoms with Crippen molar-refractivity contribution in [1.82, 2.24) is 9.97 Å². The van der Waals surface area contributed by atoms with E-state index < -0.39 is 0 Å². The number of rotatable bonds is 3. The van der Waals surface area contributed by atoms with Gasteiger partial charge in [0.15, 0.2) is 0 Å². The fourth-order valence-corrected chi connectivity index (χ4v) is 1.98. The first-order chi connectivity index (χ1) is 7.78. The van der Waals surface area contributed by atoms with E-state index in [0.29, 0.717) is 17.9 Å². The van der Waals surface area contributed by atoms with E-state index in [1.54, 1.807) is 19.4 Å². The molecular formula is C11H17N3O2. The van der Waals surface area contributed by atoms with Crippen molar-refractivity contribution < 1.29 is 9.47 Å². The van der Waals surface area contributed by atoms with Gasteiger partial charge in [-0.25, -0.2) is 4.98 Å². The Kier molecular flexibility index (Phi) is 3.56. The average molecular weight is 223 g/mol. The molecule has 88 valence electrons. The monoisotopic (exact) mass is 223 g/mol. The van der Waals surface area contributed by atoms with Crippen LogP contribution in [-0.2, 0) is 4.74 Å². The summed E-state index contributed by atoms with van der Waals surface area (Å²) in [7, 11) is 1.74. The predicted octanol–water partition coefficient (Wildman–Crippen LogP) is 1.40. The maximum absolute atomic E-state index is 5.69. The molecule has 0 amide bonds. The van der Waals surface area contributed by atoms with Crippen LogP contribution in [0.2, 0.25) is 0 Å². The Morgan fingerprint density at radius 3 is 2.94 bits per heavy atom. The number of nitrogen functional groups attached to an aromatic ring is 1. The normalized spacial score (nSPS) is 25.3. The molecule has 5 nitrogen and oxygen atoms in total. The molecule has 1 saturated carbocycles. The molecule has 1 heterocycles. The van der Waals surface area contributed by atoms with Crippen LogP contribution in [0, 0.1) is 0 Å². The Morgan fingerprint density at radius 2 is 2.19 bits per heavy atom. The number of hydrogen-bond donors (Lipinski definition) is 1. The fourth-order valence-electron chi connectivity index (χ4n) is 1.98. The molecule has 0 bridgehead atoms. The van der Waals surface area contributed by atoms with E-state index in [1.165, 1.54) is 0 Å². The van der Waals surface area contributed by atoms with Crippen molar-refractivity contribution in [3.05, 3.63) is 12.3 Å².